The summed E-state index contributed by atoms with van der Waals surface area (Å²) in [5, 5.41) is 1.80. The molecule has 0 atom stereocenters. The zero-order valence-corrected chi connectivity index (χ0v) is 26.0. The van der Waals surface area contributed by atoms with Crippen molar-refractivity contribution in [3.63, 3.8) is 0 Å². The number of halogens is 5. The number of aromatic nitrogens is 1. The van der Waals surface area contributed by atoms with Gasteiger partial charge in [-0.25, -0.2) is 0 Å². The van der Waals surface area contributed by atoms with E-state index in [0.29, 0.717) is 21.1 Å². The third-order valence-corrected chi connectivity index (χ3v) is 19.2. The molecular formula is C27H25Cl3I2N2O. The van der Waals surface area contributed by atoms with Crippen LogP contribution in [0.3, 0.4) is 0 Å². The summed E-state index contributed by atoms with van der Waals surface area (Å²) in [5.74, 6) is 0. The van der Waals surface area contributed by atoms with Crippen molar-refractivity contribution in [2.75, 3.05) is 21.9 Å². The quantitative estimate of drug-likeness (QED) is 0.0887. The molecule has 2 aliphatic rings. The van der Waals surface area contributed by atoms with Gasteiger partial charge in [0.2, 0.25) is 0 Å². The number of hydrogen-bond acceptors (Lipinski definition) is 3. The van der Waals surface area contributed by atoms with E-state index in [0.717, 1.165) is 37.1 Å². The predicted molar refractivity (Wildman–Crippen MR) is 166 cm³/mol. The van der Waals surface area contributed by atoms with Gasteiger partial charge in [-0.3, -0.25) is 0 Å². The summed E-state index contributed by atoms with van der Waals surface area (Å²) >= 11 is 15.8. The fraction of sp³-hybridized carbons (Fsp3) is 0.259. The molecule has 35 heavy (non-hydrogen) atoms. The van der Waals surface area contributed by atoms with Crippen LogP contribution in [0.15, 0.2) is 54.6 Å². The van der Waals surface area contributed by atoms with Gasteiger partial charge in [0.15, 0.2) is 0 Å². The zero-order chi connectivity index (χ0) is 24.7. The summed E-state index contributed by atoms with van der Waals surface area (Å²) in [5.41, 5.74) is 2.77. The first kappa shape index (κ1) is 25.9. The first-order chi connectivity index (χ1) is 16.8. The third-order valence-electron chi connectivity index (χ3n) is 6.17. The monoisotopic (exact) mass is 752 g/mol. The minimum absolute atomic E-state index is 0.136. The molecule has 3 nitrogen and oxygen atoms in total. The van der Waals surface area contributed by atoms with Crippen molar-refractivity contribution in [3.05, 3.63) is 86.1 Å². The molecule has 0 aliphatic carbocycles. The number of fused-ring (bicyclic) bond motifs is 1. The second-order valence-electron chi connectivity index (χ2n) is 8.59. The molecule has 184 valence electrons. The van der Waals surface area contributed by atoms with Crippen molar-refractivity contribution in [2.24, 2.45) is 0 Å². The molecule has 2 aromatic carbocycles. The fourth-order valence-corrected chi connectivity index (χ4v) is 17.1. The van der Waals surface area contributed by atoms with E-state index in [-0.39, 0.29) is 3.79 Å². The van der Waals surface area contributed by atoms with Crippen LogP contribution in [0.1, 0.15) is 19.4 Å². The van der Waals surface area contributed by atoms with Crippen molar-refractivity contribution in [1.82, 2.24) is 9.88 Å². The number of rotatable bonds is 4. The Hall–Kier alpha value is -0.710. The topological polar surface area (TPSA) is 33.2 Å². The predicted octanol–water partition coefficient (Wildman–Crippen LogP) is 8.21. The Bertz CT molecular complexity index is 1300. The van der Waals surface area contributed by atoms with Crippen LogP contribution in [-0.4, -0.2) is 41.7 Å². The molecule has 8 heteroatoms. The number of alkyl halides is 2. The third kappa shape index (κ3) is 5.18. The van der Waals surface area contributed by atoms with Gasteiger partial charge in [-0.1, -0.05) is 0 Å². The minimum atomic E-state index is -2.63. The number of allylic oxidation sites excluding steroid dienone is 1. The second-order valence-corrected chi connectivity index (χ2v) is 20.6. The van der Waals surface area contributed by atoms with Gasteiger partial charge in [0.05, 0.1) is 0 Å². The van der Waals surface area contributed by atoms with Gasteiger partial charge < -0.3 is 0 Å². The van der Waals surface area contributed by atoms with Gasteiger partial charge in [0.25, 0.3) is 0 Å². The van der Waals surface area contributed by atoms with Crippen molar-refractivity contribution in [2.45, 2.75) is 19.9 Å². The number of nitrogens with zero attached hydrogens (tertiary/aromatic N) is 2. The number of carbonyl (C=O) groups is 1. The molecule has 0 bridgehead atoms. The van der Waals surface area contributed by atoms with E-state index in [4.69, 9.17) is 39.8 Å². The number of hydrogen-bond donors (Lipinski definition) is 0. The van der Waals surface area contributed by atoms with E-state index in [1.54, 1.807) is 6.08 Å². The van der Waals surface area contributed by atoms with Crippen LogP contribution in [-0.2, 0) is 4.79 Å². The van der Waals surface area contributed by atoms with Crippen molar-refractivity contribution in [1.29, 1.82) is 0 Å². The molecule has 1 saturated heterocycles. The Morgan fingerprint density at radius 2 is 1.57 bits per heavy atom. The van der Waals surface area contributed by atoms with Gasteiger partial charge in [-0.15, -0.1) is 0 Å². The molecule has 5 rings (SSSR count). The summed E-state index contributed by atoms with van der Waals surface area (Å²) in [6, 6.07) is 16.1. The average Bonchev–Trinajstić information content (AvgIpc) is 2.85. The summed E-state index contributed by atoms with van der Waals surface area (Å²) in [4.78, 5) is 21.2. The average molecular weight is 754 g/mol. The zero-order valence-electron chi connectivity index (χ0n) is 19.4. The molecule has 0 spiro atoms. The van der Waals surface area contributed by atoms with E-state index in [1.165, 1.54) is 12.6 Å². The van der Waals surface area contributed by atoms with Crippen LogP contribution in [0.25, 0.3) is 17.3 Å². The number of carbonyl (C=O) groups excluding carboxylic acids is 1. The number of pyridine rings is 1. The van der Waals surface area contributed by atoms with Gasteiger partial charge in [-0.2, -0.15) is 0 Å². The molecule has 0 amide bonds. The van der Waals surface area contributed by atoms with Gasteiger partial charge in [0, 0.05) is 0 Å². The van der Waals surface area contributed by atoms with E-state index in [2.05, 4.69) is 24.8 Å². The second kappa shape index (κ2) is 11.0. The van der Waals surface area contributed by atoms with Gasteiger partial charge in [-0.05, 0) is 0 Å². The molecule has 2 aliphatic heterocycles. The summed E-state index contributed by atoms with van der Waals surface area (Å²) in [6.45, 7) is 6.75. The molecule has 1 aromatic heterocycles. The molecule has 0 N–H and O–H groups in total. The molecule has 0 radical (unpaired) electrons. The summed E-state index contributed by atoms with van der Waals surface area (Å²) in [6.07, 6.45) is 3.60. The SMILES string of the molecule is CC(C)N1CCI(c2cc3c(c(-c4ccccc4Cl)n2)C=CC(=O)I3c2c(Cl)cccc2Cl)CC1. The van der Waals surface area contributed by atoms with E-state index in [1.807, 2.05) is 48.5 Å². The van der Waals surface area contributed by atoms with Crippen molar-refractivity contribution < 1.29 is 4.79 Å². The molecule has 0 saturated carbocycles. The maximum atomic E-state index is 13.4. The first-order valence-corrected chi connectivity index (χ1v) is 19.9. The van der Waals surface area contributed by atoms with Crippen LogP contribution in [0.2, 0.25) is 15.1 Å². The Morgan fingerprint density at radius 1 is 0.914 bits per heavy atom. The number of benzene rings is 2. The van der Waals surface area contributed by atoms with Crippen molar-refractivity contribution >= 4 is 84.3 Å². The Balaban J connectivity index is 1.70. The fourth-order valence-electron chi connectivity index (χ4n) is 4.31. The molecule has 3 aromatic rings. The Labute approximate surface area is 236 Å². The van der Waals surface area contributed by atoms with E-state index < -0.39 is 39.6 Å². The van der Waals surface area contributed by atoms with Crippen LogP contribution in [0.5, 0.6) is 0 Å². The molecule has 0 unspecified atom stereocenters. The first-order valence-electron chi connectivity index (χ1n) is 11.4. The molecule has 3 heterocycles. The van der Waals surface area contributed by atoms with Gasteiger partial charge >= 0.3 is 238 Å². The normalized spacial score (nSPS) is 18.3. The molecular weight excluding hydrogens is 728 g/mol. The van der Waals surface area contributed by atoms with Crippen LogP contribution >= 0.6 is 74.4 Å². The van der Waals surface area contributed by atoms with E-state index >= 15 is 0 Å². The Morgan fingerprint density at radius 3 is 2.23 bits per heavy atom. The Kier molecular flexibility index (Phi) is 8.11. The maximum absolute atomic E-state index is 13.4. The summed E-state index contributed by atoms with van der Waals surface area (Å²) < 4.78 is 5.62. The standard InChI is InChI=1S/C27H25Cl3I2N2O/c1-17(2)34-14-12-31(13-15-34)24-16-23-19(27(33-24)18-6-3-4-7-20(18)28)10-11-25(35)32(23)26-21(29)8-5-9-22(26)30/h3-11,16-17H,12-15H2,1-2H3. The van der Waals surface area contributed by atoms with E-state index in [9.17, 15) is 4.79 Å². The summed E-state index contributed by atoms with van der Waals surface area (Å²) in [7, 11) is 0. The van der Waals surface area contributed by atoms with Crippen LogP contribution in [0.4, 0.5) is 0 Å². The van der Waals surface area contributed by atoms with Crippen LogP contribution in [0, 0.1) is 10.8 Å². The molecule has 1 fully saturated rings. The van der Waals surface area contributed by atoms with Crippen LogP contribution < -0.4 is 0 Å². The van der Waals surface area contributed by atoms with Crippen molar-refractivity contribution in [3.8, 4) is 11.3 Å². The van der Waals surface area contributed by atoms with Gasteiger partial charge in [0.1, 0.15) is 0 Å².